The van der Waals surface area contributed by atoms with Crippen LogP contribution in [-0.2, 0) is 4.79 Å². The van der Waals surface area contributed by atoms with Crippen molar-refractivity contribution >= 4 is 11.9 Å². The van der Waals surface area contributed by atoms with E-state index in [1.54, 1.807) is 16.9 Å². The smallest absolute Gasteiger partial charge is 0.242 e. The monoisotopic (exact) mass is 151 g/mol. The summed E-state index contributed by atoms with van der Waals surface area (Å²) in [7, 11) is 0. The number of hydrogen-bond acceptors (Lipinski definition) is 3. The summed E-state index contributed by atoms with van der Waals surface area (Å²) >= 11 is 0. The molecule has 0 fully saturated rings. The number of nitrogens with zero attached hydrogens (tertiary/aromatic N) is 3. The van der Waals surface area contributed by atoms with Crippen molar-refractivity contribution in [2.24, 2.45) is 4.99 Å². The molecule has 1 heterocycles. The summed E-state index contributed by atoms with van der Waals surface area (Å²) in [5.74, 6) is 0.411. The third kappa shape index (κ3) is 1.75. The second kappa shape index (κ2) is 3.12. The van der Waals surface area contributed by atoms with Gasteiger partial charge in [0, 0.05) is 18.3 Å². The van der Waals surface area contributed by atoms with Gasteiger partial charge in [0.2, 0.25) is 6.08 Å². The van der Waals surface area contributed by atoms with Gasteiger partial charge >= 0.3 is 0 Å². The molecule has 0 atom stereocenters. The molecule has 11 heavy (non-hydrogen) atoms. The van der Waals surface area contributed by atoms with Crippen LogP contribution in [0.2, 0.25) is 0 Å². The highest BCUT2D eigenvalue weighted by atomic mass is 16.1. The highest BCUT2D eigenvalue weighted by molar-refractivity contribution is 5.43. The molecule has 0 spiro atoms. The van der Waals surface area contributed by atoms with E-state index in [0.717, 1.165) is 0 Å². The fraction of sp³-hybridized carbons (Fsp3) is 0.429. The van der Waals surface area contributed by atoms with Gasteiger partial charge in [0.05, 0.1) is 0 Å². The lowest BCUT2D eigenvalue weighted by atomic mass is 10.4. The Labute approximate surface area is 64.6 Å². The molecule has 1 aromatic heterocycles. The Hall–Kier alpha value is -1.41. The molecule has 0 aliphatic rings. The van der Waals surface area contributed by atoms with Crippen molar-refractivity contribution in [3.63, 3.8) is 0 Å². The average molecular weight is 151 g/mol. The first-order valence-electron chi connectivity index (χ1n) is 3.37. The molecule has 4 nitrogen and oxygen atoms in total. The Balaban J connectivity index is 2.90. The van der Waals surface area contributed by atoms with Crippen LogP contribution in [-0.4, -0.2) is 15.9 Å². The zero-order chi connectivity index (χ0) is 8.27. The van der Waals surface area contributed by atoms with Crippen molar-refractivity contribution in [1.29, 1.82) is 0 Å². The lowest BCUT2D eigenvalue weighted by Gasteiger charge is -2.02. The molecule has 4 heteroatoms. The van der Waals surface area contributed by atoms with Gasteiger partial charge in [-0.1, -0.05) is 0 Å². The Morgan fingerprint density at radius 1 is 1.73 bits per heavy atom. The molecule has 58 valence electrons. The van der Waals surface area contributed by atoms with Gasteiger partial charge in [-0.15, -0.1) is 4.99 Å². The fourth-order valence-electron chi connectivity index (χ4n) is 0.722. The maximum absolute atomic E-state index is 9.81. The first kappa shape index (κ1) is 7.69. The molecular weight excluding hydrogens is 142 g/mol. The van der Waals surface area contributed by atoms with Gasteiger partial charge in [-0.2, -0.15) is 5.10 Å². The van der Waals surface area contributed by atoms with Crippen LogP contribution in [0.4, 0.5) is 5.82 Å². The van der Waals surface area contributed by atoms with E-state index in [4.69, 9.17) is 0 Å². The molecule has 0 saturated heterocycles. The summed E-state index contributed by atoms with van der Waals surface area (Å²) in [6.07, 6.45) is 3.21. The second-order valence-electron chi connectivity index (χ2n) is 2.45. The van der Waals surface area contributed by atoms with Gasteiger partial charge in [-0.3, -0.25) is 4.68 Å². The number of carbonyl (C=O) groups excluding carboxylic acids is 1. The van der Waals surface area contributed by atoms with Crippen molar-refractivity contribution in [3.8, 4) is 0 Å². The summed E-state index contributed by atoms with van der Waals surface area (Å²) in [4.78, 5) is 13.2. The maximum Gasteiger partial charge on any atom is 0.242 e. The van der Waals surface area contributed by atoms with Crippen LogP contribution in [0.15, 0.2) is 17.3 Å². The second-order valence-corrected chi connectivity index (χ2v) is 2.45. The predicted octanol–water partition coefficient (Wildman–Crippen LogP) is 1.43. The molecule has 0 unspecified atom stereocenters. The van der Waals surface area contributed by atoms with E-state index < -0.39 is 0 Å². The Bertz CT molecular complexity index is 284. The standard InChI is InChI=1S/C7H9N3O/c1-6(2)10-4-3-7(9-10)8-5-11/h3-4,6H,1-2H3. The largest absolute Gasteiger partial charge is 0.268 e. The van der Waals surface area contributed by atoms with Gasteiger partial charge in [-0.05, 0) is 13.8 Å². The van der Waals surface area contributed by atoms with Crippen LogP contribution in [0.3, 0.4) is 0 Å². The summed E-state index contributed by atoms with van der Waals surface area (Å²) in [5, 5.41) is 3.99. The maximum atomic E-state index is 9.81. The number of aliphatic imine (C=N–C) groups is 1. The molecule has 0 radical (unpaired) electrons. The zero-order valence-corrected chi connectivity index (χ0v) is 6.48. The van der Waals surface area contributed by atoms with Crippen LogP contribution in [0, 0.1) is 0 Å². The van der Waals surface area contributed by atoms with E-state index in [1.807, 2.05) is 13.8 Å². The zero-order valence-electron chi connectivity index (χ0n) is 6.48. The molecule has 1 rings (SSSR count). The summed E-state index contributed by atoms with van der Waals surface area (Å²) in [6.45, 7) is 4.00. The van der Waals surface area contributed by atoms with Crippen LogP contribution in [0.1, 0.15) is 19.9 Å². The first-order chi connectivity index (χ1) is 5.24. The van der Waals surface area contributed by atoms with E-state index in [9.17, 15) is 4.79 Å². The lowest BCUT2D eigenvalue weighted by molar-refractivity contribution is 0.533. The number of aromatic nitrogens is 2. The molecular formula is C7H9N3O. The SMILES string of the molecule is CC(C)n1ccc(N=C=O)n1. The molecule has 0 saturated carbocycles. The van der Waals surface area contributed by atoms with Crippen molar-refractivity contribution in [2.45, 2.75) is 19.9 Å². The highest BCUT2D eigenvalue weighted by Gasteiger charge is 1.98. The molecule has 0 aliphatic heterocycles. The van der Waals surface area contributed by atoms with Crippen LogP contribution in [0.25, 0.3) is 0 Å². The molecule has 0 aromatic carbocycles. The summed E-state index contributed by atoms with van der Waals surface area (Å²) in [6, 6.07) is 1.97. The molecule has 0 bridgehead atoms. The first-order valence-corrected chi connectivity index (χ1v) is 3.37. The summed E-state index contributed by atoms with van der Waals surface area (Å²) < 4.78 is 1.73. The normalized spacial score (nSPS) is 9.73. The Morgan fingerprint density at radius 3 is 2.91 bits per heavy atom. The van der Waals surface area contributed by atoms with Crippen molar-refractivity contribution in [2.75, 3.05) is 0 Å². The average Bonchev–Trinajstić information content (AvgIpc) is 2.37. The minimum absolute atomic E-state index is 0.297. The predicted molar refractivity (Wildman–Crippen MR) is 40.4 cm³/mol. The van der Waals surface area contributed by atoms with Crippen molar-refractivity contribution < 1.29 is 4.79 Å². The molecule has 0 N–H and O–H groups in total. The van der Waals surface area contributed by atoms with Gasteiger partial charge in [-0.25, -0.2) is 4.79 Å². The van der Waals surface area contributed by atoms with Gasteiger partial charge in [0.15, 0.2) is 5.82 Å². The molecule has 0 amide bonds. The number of hydrogen-bond donors (Lipinski definition) is 0. The van der Waals surface area contributed by atoms with E-state index >= 15 is 0 Å². The summed E-state index contributed by atoms with van der Waals surface area (Å²) in [5.41, 5.74) is 0. The minimum atomic E-state index is 0.297. The fourth-order valence-corrected chi connectivity index (χ4v) is 0.722. The Kier molecular flexibility index (Phi) is 2.18. The molecule has 0 aliphatic carbocycles. The molecule has 1 aromatic rings. The third-order valence-corrected chi connectivity index (χ3v) is 1.28. The van der Waals surface area contributed by atoms with E-state index in [2.05, 4.69) is 10.1 Å². The van der Waals surface area contributed by atoms with Crippen LogP contribution < -0.4 is 0 Å². The number of rotatable bonds is 2. The van der Waals surface area contributed by atoms with Crippen molar-refractivity contribution in [1.82, 2.24) is 9.78 Å². The third-order valence-electron chi connectivity index (χ3n) is 1.28. The van der Waals surface area contributed by atoms with Crippen LogP contribution >= 0.6 is 0 Å². The van der Waals surface area contributed by atoms with Gasteiger partial charge in [0.25, 0.3) is 0 Å². The minimum Gasteiger partial charge on any atom is -0.268 e. The van der Waals surface area contributed by atoms with Gasteiger partial charge in [0.1, 0.15) is 0 Å². The topological polar surface area (TPSA) is 47.2 Å². The van der Waals surface area contributed by atoms with E-state index in [0.29, 0.717) is 11.9 Å². The van der Waals surface area contributed by atoms with E-state index in [1.165, 1.54) is 6.08 Å². The number of isocyanates is 1. The van der Waals surface area contributed by atoms with Crippen LogP contribution in [0.5, 0.6) is 0 Å². The van der Waals surface area contributed by atoms with Crippen molar-refractivity contribution in [3.05, 3.63) is 12.3 Å². The highest BCUT2D eigenvalue weighted by Crippen LogP contribution is 2.09. The van der Waals surface area contributed by atoms with Gasteiger partial charge < -0.3 is 0 Å². The quantitative estimate of drug-likeness (QED) is 0.474. The van der Waals surface area contributed by atoms with E-state index in [-0.39, 0.29) is 0 Å². The lowest BCUT2D eigenvalue weighted by Crippen LogP contribution is -1.99. The Morgan fingerprint density at radius 2 is 2.45 bits per heavy atom.